The average molecular weight is 538 g/mol. The number of nitrogens with zero attached hydrogens (tertiary/aromatic N) is 7. The summed E-state index contributed by atoms with van der Waals surface area (Å²) in [6, 6.07) is 6.84. The number of rotatable bonds is 9. The minimum Gasteiger partial charge on any atom is -0.494 e. The molecule has 0 atom stereocenters. The van der Waals surface area contributed by atoms with Gasteiger partial charge in [0.2, 0.25) is 0 Å². The minimum absolute atomic E-state index is 0.147. The SMILES string of the molecule is [B]C([B])([B])NC(=O)c1nnc(Nc2cnn(C)n2)cc1Nc1cccc(-c2ncc(C(=O)N(C)C)s2)c1OC. The van der Waals surface area contributed by atoms with E-state index in [2.05, 4.69) is 41.3 Å². The molecule has 2 amide bonds. The Hall–Kier alpha value is -4.40. The first kappa shape index (κ1) is 27.6. The molecule has 4 rings (SSSR count). The van der Waals surface area contributed by atoms with Crippen molar-refractivity contribution in [3.05, 3.63) is 47.2 Å². The molecule has 1 aromatic carbocycles. The van der Waals surface area contributed by atoms with Crippen molar-refractivity contribution in [1.29, 1.82) is 0 Å². The maximum atomic E-state index is 12.9. The molecule has 0 bridgehead atoms. The summed E-state index contributed by atoms with van der Waals surface area (Å²) < 4.78 is 5.71. The fourth-order valence-corrected chi connectivity index (χ4v) is 4.35. The molecular weight excluding hydrogens is 517 g/mol. The van der Waals surface area contributed by atoms with Crippen LogP contribution in [0.25, 0.3) is 10.6 Å². The van der Waals surface area contributed by atoms with Gasteiger partial charge in [0.15, 0.2) is 23.1 Å². The van der Waals surface area contributed by atoms with E-state index in [9.17, 15) is 9.59 Å². The van der Waals surface area contributed by atoms with Gasteiger partial charge in [-0.1, -0.05) is 11.3 Å². The highest BCUT2D eigenvalue weighted by atomic mass is 32.1. The summed E-state index contributed by atoms with van der Waals surface area (Å²) in [5.41, 5.74) is 1.17. The summed E-state index contributed by atoms with van der Waals surface area (Å²) in [7, 11) is 23.2. The quantitative estimate of drug-likeness (QED) is 0.261. The average Bonchev–Trinajstić information content (AvgIpc) is 3.51. The summed E-state index contributed by atoms with van der Waals surface area (Å²) in [4.78, 5) is 33.0. The van der Waals surface area contributed by atoms with Crippen molar-refractivity contribution in [3.8, 4) is 16.3 Å². The van der Waals surface area contributed by atoms with E-state index in [0.717, 1.165) is 0 Å². The van der Waals surface area contributed by atoms with Gasteiger partial charge in [0.1, 0.15) is 9.88 Å². The van der Waals surface area contributed by atoms with Gasteiger partial charge in [-0.2, -0.15) is 9.90 Å². The van der Waals surface area contributed by atoms with Crippen LogP contribution in [-0.4, -0.2) is 96.9 Å². The van der Waals surface area contributed by atoms with Crippen LogP contribution in [0.1, 0.15) is 20.2 Å². The van der Waals surface area contributed by atoms with E-state index < -0.39 is 11.1 Å². The molecule has 0 aliphatic carbocycles. The van der Waals surface area contributed by atoms with Crippen LogP contribution in [0.4, 0.5) is 23.0 Å². The molecule has 0 spiro atoms. The van der Waals surface area contributed by atoms with E-state index >= 15 is 0 Å². The van der Waals surface area contributed by atoms with Gasteiger partial charge >= 0.3 is 0 Å². The van der Waals surface area contributed by atoms with Crippen molar-refractivity contribution in [2.45, 2.75) is 5.24 Å². The highest BCUT2D eigenvalue weighted by Gasteiger charge is 2.23. The fraction of sp³-hybridized carbons (Fsp3) is 0.227. The number of carbonyl (C=O) groups is 2. The molecule has 192 valence electrons. The second-order valence-corrected chi connectivity index (χ2v) is 9.49. The number of carbonyl (C=O) groups excluding carboxylic acids is 2. The van der Waals surface area contributed by atoms with Crippen LogP contribution in [-0.2, 0) is 7.05 Å². The van der Waals surface area contributed by atoms with Gasteiger partial charge < -0.3 is 25.6 Å². The van der Waals surface area contributed by atoms with Gasteiger partial charge in [-0.25, -0.2) is 4.98 Å². The van der Waals surface area contributed by atoms with Crippen LogP contribution in [0.3, 0.4) is 0 Å². The van der Waals surface area contributed by atoms with Crippen LogP contribution in [0.5, 0.6) is 5.75 Å². The van der Waals surface area contributed by atoms with Crippen LogP contribution in [0, 0.1) is 0 Å². The third-order valence-electron chi connectivity index (χ3n) is 5.04. The largest absolute Gasteiger partial charge is 0.494 e. The first-order valence-corrected chi connectivity index (χ1v) is 12.1. The van der Waals surface area contributed by atoms with Crippen LogP contribution in [0.15, 0.2) is 36.7 Å². The number of methoxy groups -OCH3 is 1. The van der Waals surface area contributed by atoms with E-state index in [1.807, 2.05) is 0 Å². The molecule has 4 aromatic rings. The zero-order valence-electron chi connectivity index (χ0n) is 21.5. The Labute approximate surface area is 232 Å². The Kier molecular flexibility index (Phi) is 7.90. The van der Waals surface area contributed by atoms with E-state index in [4.69, 9.17) is 28.3 Å². The molecule has 0 unspecified atom stereocenters. The maximum absolute atomic E-state index is 12.9. The van der Waals surface area contributed by atoms with Crippen LogP contribution in [0.2, 0.25) is 0 Å². The summed E-state index contributed by atoms with van der Waals surface area (Å²) in [5.74, 6) is 0.144. The van der Waals surface area contributed by atoms with Gasteiger partial charge in [-0.3, -0.25) is 9.59 Å². The van der Waals surface area contributed by atoms with Gasteiger partial charge in [0.25, 0.3) is 11.8 Å². The molecule has 17 heteroatoms. The predicted molar refractivity (Wildman–Crippen MR) is 149 cm³/mol. The van der Waals surface area contributed by atoms with E-state index in [0.29, 0.717) is 32.7 Å². The smallest absolute Gasteiger partial charge is 0.272 e. The lowest BCUT2D eigenvalue weighted by Gasteiger charge is -2.23. The number of thiazole rings is 1. The number of aromatic nitrogens is 6. The number of hydrogen-bond donors (Lipinski definition) is 3. The molecular formula is C22H21B3N10O3S. The summed E-state index contributed by atoms with van der Waals surface area (Å²) in [5, 5.41) is 23.2. The Morgan fingerprint density at radius 2 is 1.85 bits per heavy atom. The van der Waals surface area contributed by atoms with E-state index in [-0.39, 0.29) is 23.1 Å². The molecule has 0 saturated heterocycles. The van der Waals surface area contributed by atoms with Crippen molar-refractivity contribution in [3.63, 3.8) is 0 Å². The van der Waals surface area contributed by atoms with Crippen molar-refractivity contribution >= 4 is 69.7 Å². The molecule has 13 nitrogen and oxygen atoms in total. The molecule has 6 radical (unpaired) electrons. The lowest BCUT2D eigenvalue weighted by molar-refractivity contribution is 0.0831. The molecule has 3 aromatic heterocycles. The number of nitrogens with one attached hydrogen (secondary N) is 3. The molecule has 0 fully saturated rings. The number of hydrogen-bond acceptors (Lipinski definition) is 11. The number of para-hydroxylation sites is 1. The molecule has 0 aliphatic heterocycles. The lowest BCUT2D eigenvalue weighted by atomic mass is 9.49. The Morgan fingerprint density at radius 3 is 2.49 bits per heavy atom. The van der Waals surface area contributed by atoms with E-state index in [1.165, 1.54) is 46.6 Å². The predicted octanol–water partition coefficient (Wildman–Crippen LogP) is 0.773. The number of anilines is 4. The molecule has 0 aliphatic rings. The number of ether oxygens (including phenoxy) is 1. The zero-order valence-corrected chi connectivity index (χ0v) is 22.3. The standard InChI is InChI=1S/C22H21B3N10O3S/c1-34(2)21(37)14-9-26-20(39-14)11-6-5-7-12(18(11)38-4)28-13-8-15(29-16-10-27-35(3)33-16)31-32-17(13)19(36)30-22(23,24)25/h5-10H,1-4H3,(H,30,36)(H2,28,29,31,33). The number of benzene rings is 1. The molecule has 3 N–H and O–H groups in total. The summed E-state index contributed by atoms with van der Waals surface area (Å²) in [6.45, 7) is 0. The Bertz CT molecular complexity index is 1520. The van der Waals surface area contributed by atoms with Crippen LogP contribution >= 0.6 is 11.3 Å². The highest BCUT2D eigenvalue weighted by molar-refractivity contribution is 7.17. The summed E-state index contributed by atoms with van der Waals surface area (Å²) >= 11 is 1.22. The van der Waals surface area contributed by atoms with Gasteiger partial charge in [-0.05, 0) is 12.1 Å². The summed E-state index contributed by atoms with van der Waals surface area (Å²) in [6.07, 6.45) is 3.01. The maximum Gasteiger partial charge on any atom is 0.272 e. The zero-order chi connectivity index (χ0) is 28.3. The van der Waals surface area contributed by atoms with Gasteiger partial charge in [-0.15, -0.1) is 26.6 Å². The number of amides is 2. The Balaban J connectivity index is 1.73. The molecule has 0 saturated carbocycles. The number of aryl methyl sites for hydroxylation is 1. The normalized spacial score (nSPS) is 11.1. The third kappa shape index (κ3) is 6.55. The van der Waals surface area contributed by atoms with E-state index in [1.54, 1.807) is 39.3 Å². The second kappa shape index (κ2) is 11.1. The first-order valence-electron chi connectivity index (χ1n) is 11.3. The monoisotopic (exact) mass is 538 g/mol. The molecule has 3 heterocycles. The van der Waals surface area contributed by atoms with Crippen molar-refractivity contribution in [2.75, 3.05) is 31.8 Å². The van der Waals surface area contributed by atoms with Crippen molar-refractivity contribution < 1.29 is 14.3 Å². The first-order chi connectivity index (χ1) is 18.4. The lowest BCUT2D eigenvalue weighted by Crippen LogP contribution is -2.50. The van der Waals surface area contributed by atoms with Crippen molar-refractivity contribution in [2.24, 2.45) is 7.05 Å². The topological polar surface area (TPSA) is 152 Å². The van der Waals surface area contributed by atoms with Gasteiger partial charge in [0, 0.05) is 27.2 Å². The Morgan fingerprint density at radius 1 is 1.08 bits per heavy atom. The van der Waals surface area contributed by atoms with Crippen LogP contribution < -0.4 is 20.7 Å². The van der Waals surface area contributed by atoms with Crippen molar-refractivity contribution in [1.82, 2.24) is 40.4 Å². The second-order valence-electron chi connectivity index (χ2n) is 8.46. The minimum atomic E-state index is -1.99. The third-order valence-corrected chi connectivity index (χ3v) is 6.05. The molecule has 39 heavy (non-hydrogen) atoms. The van der Waals surface area contributed by atoms with Gasteiger partial charge in [0.05, 0.1) is 60.0 Å². The fourth-order valence-electron chi connectivity index (χ4n) is 3.39. The highest BCUT2D eigenvalue weighted by Crippen LogP contribution is 2.40.